The molecular weight excluding hydrogens is 256 g/mol. The van der Waals surface area contributed by atoms with Crippen LogP contribution < -0.4 is 0 Å². The molecular formula is C10H12N4O3S. The summed E-state index contributed by atoms with van der Waals surface area (Å²) >= 11 is 5.06. The summed E-state index contributed by atoms with van der Waals surface area (Å²) in [7, 11) is 0. The minimum atomic E-state index is -1.01. The number of hydrogen-bond donors (Lipinski definition) is 3. The van der Waals surface area contributed by atoms with Crippen LogP contribution in [0, 0.1) is 4.64 Å². The molecule has 18 heavy (non-hydrogen) atoms. The van der Waals surface area contributed by atoms with E-state index in [0.717, 1.165) is 0 Å². The van der Waals surface area contributed by atoms with Crippen molar-refractivity contribution in [2.45, 2.75) is 31.5 Å². The van der Waals surface area contributed by atoms with Gasteiger partial charge in [-0.1, -0.05) is 12.2 Å². The van der Waals surface area contributed by atoms with Gasteiger partial charge in [-0.25, -0.2) is 9.97 Å². The number of nitrogens with zero attached hydrogens (tertiary/aromatic N) is 3. The van der Waals surface area contributed by atoms with Gasteiger partial charge in [-0.3, -0.25) is 4.57 Å². The Labute approximate surface area is 107 Å². The fourth-order valence-electron chi connectivity index (χ4n) is 2.12. The predicted octanol–water partition coefficient (Wildman–Crippen LogP) is 0.128. The minimum Gasteiger partial charge on any atom is -0.388 e. The number of H-pyrrole nitrogens is 1. The Balaban J connectivity index is 2.11. The van der Waals surface area contributed by atoms with Crippen molar-refractivity contribution >= 4 is 23.4 Å². The molecule has 0 saturated carbocycles. The smallest absolute Gasteiger partial charge is 0.165 e. The van der Waals surface area contributed by atoms with Crippen molar-refractivity contribution in [3.8, 4) is 0 Å². The second-order valence-corrected chi connectivity index (χ2v) is 4.66. The molecule has 96 valence electrons. The summed E-state index contributed by atoms with van der Waals surface area (Å²) in [6.45, 7) is 1.71. The van der Waals surface area contributed by atoms with Crippen molar-refractivity contribution in [1.29, 1.82) is 0 Å². The lowest BCUT2D eigenvalue weighted by Gasteiger charge is -2.16. The number of hydrogen-bond acceptors (Lipinski definition) is 6. The quantitative estimate of drug-likeness (QED) is 0.636. The van der Waals surface area contributed by atoms with Gasteiger partial charge in [0.05, 0.1) is 18.8 Å². The highest BCUT2D eigenvalue weighted by Gasteiger charge is 2.41. The Morgan fingerprint density at radius 2 is 2.17 bits per heavy atom. The van der Waals surface area contributed by atoms with E-state index >= 15 is 0 Å². The molecule has 0 aromatic carbocycles. The van der Waals surface area contributed by atoms with Crippen LogP contribution in [0.4, 0.5) is 0 Å². The van der Waals surface area contributed by atoms with Gasteiger partial charge in [0, 0.05) is 0 Å². The summed E-state index contributed by atoms with van der Waals surface area (Å²) in [6, 6.07) is 0. The number of aliphatic hydroxyl groups excluding tert-OH is 2. The first-order valence-corrected chi connectivity index (χ1v) is 5.92. The zero-order valence-electron chi connectivity index (χ0n) is 9.52. The molecule has 2 aromatic heterocycles. The first-order chi connectivity index (χ1) is 8.59. The largest absolute Gasteiger partial charge is 0.388 e. The van der Waals surface area contributed by atoms with E-state index in [4.69, 9.17) is 17.0 Å². The van der Waals surface area contributed by atoms with E-state index in [9.17, 15) is 10.2 Å². The zero-order chi connectivity index (χ0) is 12.9. The molecule has 0 radical (unpaired) electrons. The van der Waals surface area contributed by atoms with E-state index in [1.165, 1.54) is 12.7 Å². The van der Waals surface area contributed by atoms with Crippen LogP contribution >= 0.6 is 12.2 Å². The van der Waals surface area contributed by atoms with Gasteiger partial charge in [0.15, 0.2) is 10.9 Å². The highest BCUT2D eigenvalue weighted by molar-refractivity contribution is 7.71. The molecule has 1 aliphatic rings. The lowest BCUT2D eigenvalue weighted by atomic mass is 10.1. The number of aromatic nitrogens is 4. The van der Waals surface area contributed by atoms with E-state index in [1.807, 2.05) is 0 Å². The fraction of sp³-hybridized carbons (Fsp3) is 0.500. The van der Waals surface area contributed by atoms with Crippen LogP contribution in [0.25, 0.3) is 11.2 Å². The fourth-order valence-corrected chi connectivity index (χ4v) is 2.33. The maximum absolute atomic E-state index is 9.95. The Hall–Kier alpha value is -1.35. The van der Waals surface area contributed by atoms with Crippen LogP contribution in [0.5, 0.6) is 0 Å². The minimum absolute atomic E-state index is 0.378. The Bertz CT molecular complexity index is 639. The average Bonchev–Trinajstić information content (AvgIpc) is 2.88. The maximum atomic E-state index is 9.95. The van der Waals surface area contributed by atoms with Crippen LogP contribution in [-0.2, 0) is 4.74 Å². The molecule has 0 aliphatic carbocycles. The monoisotopic (exact) mass is 268 g/mol. The van der Waals surface area contributed by atoms with Gasteiger partial charge < -0.3 is 19.9 Å². The highest BCUT2D eigenvalue weighted by Crippen LogP contribution is 2.30. The topological polar surface area (TPSA) is 96.2 Å². The second kappa shape index (κ2) is 4.09. The van der Waals surface area contributed by atoms with Crippen molar-refractivity contribution in [3.63, 3.8) is 0 Å². The lowest BCUT2D eigenvalue weighted by Crippen LogP contribution is -2.30. The molecule has 3 heterocycles. The number of aromatic amines is 1. The molecule has 7 nitrogen and oxygen atoms in total. The van der Waals surface area contributed by atoms with Crippen LogP contribution in [0.2, 0.25) is 0 Å². The maximum Gasteiger partial charge on any atom is 0.165 e. The van der Waals surface area contributed by atoms with Gasteiger partial charge in [-0.15, -0.1) is 0 Å². The molecule has 2 aromatic rings. The van der Waals surface area contributed by atoms with Gasteiger partial charge in [-0.05, 0) is 6.92 Å². The summed E-state index contributed by atoms with van der Waals surface area (Å²) in [5.74, 6) is 0. The summed E-state index contributed by atoms with van der Waals surface area (Å²) in [5, 5.41) is 19.7. The second-order valence-electron chi connectivity index (χ2n) is 4.27. The van der Waals surface area contributed by atoms with Crippen molar-refractivity contribution in [2.75, 3.05) is 0 Å². The first-order valence-electron chi connectivity index (χ1n) is 5.51. The van der Waals surface area contributed by atoms with Crippen LogP contribution in [0.1, 0.15) is 13.2 Å². The van der Waals surface area contributed by atoms with E-state index in [1.54, 1.807) is 11.5 Å². The van der Waals surface area contributed by atoms with Crippen LogP contribution in [0.15, 0.2) is 12.7 Å². The molecule has 3 rings (SSSR count). The van der Waals surface area contributed by atoms with E-state index < -0.39 is 24.5 Å². The Morgan fingerprint density at radius 1 is 1.39 bits per heavy atom. The number of nitrogens with one attached hydrogen (secondary N) is 1. The van der Waals surface area contributed by atoms with E-state index in [0.29, 0.717) is 15.8 Å². The zero-order valence-corrected chi connectivity index (χ0v) is 10.3. The summed E-state index contributed by atoms with van der Waals surface area (Å²) < 4.78 is 7.52. The van der Waals surface area contributed by atoms with Crippen molar-refractivity contribution < 1.29 is 14.9 Å². The summed E-state index contributed by atoms with van der Waals surface area (Å²) in [6.07, 6.45) is -0.0773. The molecule has 0 unspecified atom stereocenters. The summed E-state index contributed by atoms with van der Waals surface area (Å²) in [5.41, 5.74) is 1.15. The first kappa shape index (κ1) is 11.7. The highest BCUT2D eigenvalue weighted by atomic mass is 32.1. The van der Waals surface area contributed by atoms with Crippen molar-refractivity contribution in [2.24, 2.45) is 0 Å². The van der Waals surface area contributed by atoms with Gasteiger partial charge in [0.25, 0.3) is 0 Å². The summed E-state index contributed by atoms with van der Waals surface area (Å²) in [4.78, 5) is 11.0. The van der Waals surface area contributed by atoms with Gasteiger partial charge in [-0.2, -0.15) is 0 Å². The molecule has 1 aliphatic heterocycles. The number of imidazole rings is 1. The Kier molecular flexibility index (Phi) is 2.67. The van der Waals surface area contributed by atoms with Gasteiger partial charge in [0.1, 0.15) is 23.4 Å². The predicted molar refractivity (Wildman–Crippen MR) is 64.3 cm³/mol. The third-order valence-electron chi connectivity index (χ3n) is 3.13. The SMILES string of the molecule is C[C@H]1O[C@@H](n2cnc3c(=S)nc[nH]c32)[C@@H](O)[C@H]1O. The number of ether oxygens (including phenoxy) is 1. The molecule has 0 bridgehead atoms. The molecule has 0 amide bonds. The lowest BCUT2D eigenvalue weighted by molar-refractivity contribution is -0.0299. The standard InChI is InChI=1S/C10H12N4O3S/c1-4-6(15)7(16)10(17-4)14-3-13-5-8(14)11-2-12-9(5)18/h2-4,6-7,10,15-16H,1H3,(H,11,12,18)/t4-,6+,7+,10-/m1/s1. The molecule has 4 atom stereocenters. The number of rotatable bonds is 1. The number of fused-ring (bicyclic) bond motifs is 1. The number of aliphatic hydroxyl groups is 2. The molecule has 1 fully saturated rings. The molecule has 3 N–H and O–H groups in total. The third kappa shape index (κ3) is 1.57. The van der Waals surface area contributed by atoms with E-state index in [2.05, 4.69) is 15.0 Å². The van der Waals surface area contributed by atoms with Crippen LogP contribution in [-0.4, -0.2) is 48.0 Å². The third-order valence-corrected chi connectivity index (χ3v) is 3.43. The van der Waals surface area contributed by atoms with Crippen molar-refractivity contribution in [1.82, 2.24) is 19.5 Å². The molecule has 8 heteroatoms. The van der Waals surface area contributed by atoms with E-state index in [-0.39, 0.29) is 0 Å². The van der Waals surface area contributed by atoms with Gasteiger partial charge >= 0.3 is 0 Å². The molecule has 0 spiro atoms. The molecule has 1 saturated heterocycles. The normalized spacial score (nSPS) is 32.2. The Morgan fingerprint density at radius 3 is 2.83 bits per heavy atom. The van der Waals surface area contributed by atoms with Crippen LogP contribution in [0.3, 0.4) is 0 Å². The van der Waals surface area contributed by atoms with Gasteiger partial charge in [0.2, 0.25) is 0 Å². The average molecular weight is 268 g/mol. The van der Waals surface area contributed by atoms with Crippen molar-refractivity contribution in [3.05, 3.63) is 17.3 Å².